The molecule has 1 aromatic carbocycles. The highest BCUT2D eigenvalue weighted by Crippen LogP contribution is 2.22. The Labute approximate surface area is 132 Å². The maximum atomic E-state index is 5.93. The van der Waals surface area contributed by atoms with E-state index in [0.29, 0.717) is 19.0 Å². The summed E-state index contributed by atoms with van der Waals surface area (Å²) in [5.74, 6) is 0.470. The van der Waals surface area contributed by atoms with Crippen LogP contribution in [0.15, 0.2) is 47.5 Å². The lowest BCUT2D eigenvalue weighted by atomic mass is 10.1. The number of ether oxygens (including phenoxy) is 1. The topological polar surface area (TPSA) is 62.9 Å². The molecular formula is C17H26N4O. The van der Waals surface area contributed by atoms with E-state index in [2.05, 4.69) is 46.1 Å². The summed E-state index contributed by atoms with van der Waals surface area (Å²) in [6.07, 6.45) is 0. The zero-order chi connectivity index (χ0) is 15.8. The first-order chi connectivity index (χ1) is 10.7. The second-order valence-electron chi connectivity index (χ2n) is 5.61. The van der Waals surface area contributed by atoms with Gasteiger partial charge in [-0.15, -0.1) is 0 Å². The zero-order valence-corrected chi connectivity index (χ0v) is 13.3. The molecular weight excluding hydrogens is 276 g/mol. The van der Waals surface area contributed by atoms with Crippen molar-refractivity contribution in [2.75, 3.05) is 39.4 Å². The van der Waals surface area contributed by atoms with Crippen LogP contribution in [-0.4, -0.2) is 50.3 Å². The van der Waals surface area contributed by atoms with Gasteiger partial charge >= 0.3 is 0 Å². The Morgan fingerprint density at radius 2 is 2.05 bits per heavy atom. The summed E-state index contributed by atoms with van der Waals surface area (Å²) in [6, 6.07) is 10.7. The molecule has 1 saturated heterocycles. The van der Waals surface area contributed by atoms with E-state index in [1.807, 2.05) is 13.0 Å². The largest absolute Gasteiger partial charge is 0.379 e. The van der Waals surface area contributed by atoms with Crippen LogP contribution in [0.2, 0.25) is 0 Å². The number of nitrogens with one attached hydrogen (secondary N) is 1. The van der Waals surface area contributed by atoms with E-state index >= 15 is 0 Å². The molecule has 120 valence electrons. The predicted octanol–water partition coefficient (Wildman–Crippen LogP) is 1.54. The van der Waals surface area contributed by atoms with Gasteiger partial charge in [-0.3, -0.25) is 9.89 Å². The number of aliphatic imine (C=N–C) groups is 1. The lowest BCUT2D eigenvalue weighted by molar-refractivity contribution is 0.0180. The second-order valence-corrected chi connectivity index (χ2v) is 5.61. The van der Waals surface area contributed by atoms with Crippen LogP contribution in [0, 0.1) is 0 Å². The van der Waals surface area contributed by atoms with Gasteiger partial charge in [0.15, 0.2) is 5.96 Å². The van der Waals surface area contributed by atoms with Crippen LogP contribution in [-0.2, 0) is 4.74 Å². The van der Waals surface area contributed by atoms with Crippen molar-refractivity contribution in [3.05, 3.63) is 48.0 Å². The number of rotatable bonds is 6. The smallest absolute Gasteiger partial charge is 0.188 e. The Hall–Kier alpha value is -1.85. The van der Waals surface area contributed by atoms with Crippen molar-refractivity contribution in [3.8, 4) is 0 Å². The molecule has 0 bridgehead atoms. The summed E-state index contributed by atoms with van der Waals surface area (Å²) in [5.41, 5.74) is 8.23. The second kappa shape index (κ2) is 8.56. The summed E-state index contributed by atoms with van der Waals surface area (Å²) in [7, 11) is 0. The molecule has 1 aromatic rings. The van der Waals surface area contributed by atoms with E-state index in [1.165, 1.54) is 5.56 Å². The van der Waals surface area contributed by atoms with Gasteiger partial charge < -0.3 is 15.8 Å². The molecule has 0 amide bonds. The van der Waals surface area contributed by atoms with Gasteiger partial charge in [-0.25, -0.2) is 0 Å². The number of morpholine rings is 1. The minimum Gasteiger partial charge on any atom is -0.379 e. The molecule has 2 rings (SSSR count). The highest BCUT2D eigenvalue weighted by Gasteiger charge is 2.22. The molecule has 1 aliphatic heterocycles. The summed E-state index contributed by atoms with van der Waals surface area (Å²) in [5, 5.41) is 3.08. The number of guanidine groups is 1. The third-order valence-electron chi connectivity index (χ3n) is 3.68. The summed E-state index contributed by atoms with van der Waals surface area (Å²) in [6.45, 7) is 10.5. The monoisotopic (exact) mass is 302 g/mol. The van der Waals surface area contributed by atoms with Crippen molar-refractivity contribution >= 4 is 5.96 Å². The molecule has 0 radical (unpaired) electrons. The summed E-state index contributed by atoms with van der Waals surface area (Å²) in [4.78, 5) is 6.92. The van der Waals surface area contributed by atoms with Gasteiger partial charge in [-0.05, 0) is 12.5 Å². The fourth-order valence-electron chi connectivity index (χ4n) is 2.48. The average molecular weight is 302 g/mol. The lowest BCUT2D eigenvalue weighted by Gasteiger charge is -2.34. The van der Waals surface area contributed by atoms with E-state index < -0.39 is 0 Å². The number of hydrogen-bond acceptors (Lipinski definition) is 3. The van der Waals surface area contributed by atoms with E-state index in [0.717, 1.165) is 31.9 Å². The van der Waals surface area contributed by atoms with Crippen LogP contribution in [0.5, 0.6) is 0 Å². The van der Waals surface area contributed by atoms with Gasteiger partial charge in [0.25, 0.3) is 0 Å². The number of benzene rings is 1. The Balaban J connectivity index is 2.04. The van der Waals surface area contributed by atoms with Crippen molar-refractivity contribution < 1.29 is 4.74 Å². The van der Waals surface area contributed by atoms with Crippen LogP contribution in [0.4, 0.5) is 0 Å². The molecule has 0 aromatic heterocycles. The minimum absolute atomic E-state index is 0.232. The number of hydrogen-bond donors (Lipinski definition) is 2. The van der Waals surface area contributed by atoms with Gasteiger partial charge in [-0.1, -0.05) is 42.5 Å². The minimum atomic E-state index is 0.232. The molecule has 1 aliphatic rings. The fourth-order valence-corrected chi connectivity index (χ4v) is 2.48. The quantitative estimate of drug-likeness (QED) is 0.475. The summed E-state index contributed by atoms with van der Waals surface area (Å²) < 4.78 is 5.45. The molecule has 1 fully saturated rings. The third kappa shape index (κ3) is 5.16. The van der Waals surface area contributed by atoms with E-state index in [9.17, 15) is 0 Å². The van der Waals surface area contributed by atoms with Gasteiger partial charge in [0, 0.05) is 19.6 Å². The maximum absolute atomic E-state index is 5.93. The summed E-state index contributed by atoms with van der Waals surface area (Å²) >= 11 is 0. The molecule has 0 spiro atoms. The molecule has 1 atom stereocenters. The van der Waals surface area contributed by atoms with Crippen molar-refractivity contribution in [2.24, 2.45) is 10.7 Å². The normalized spacial score (nSPS) is 18.0. The Bertz CT molecular complexity index is 495. The van der Waals surface area contributed by atoms with E-state index in [1.54, 1.807) is 0 Å². The number of nitrogens with zero attached hydrogens (tertiary/aromatic N) is 2. The van der Waals surface area contributed by atoms with Crippen LogP contribution >= 0.6 is 0 Å². The van der Waals surface area contributed by atoms with Crippen LogP contribution < -0.4 is 11.1 Å². The number of nitrogens with two attached hydrogens (primary N) is 1. The zero-order valence-electron chi connectivity index (χ0n) is 13.3. The van der Waals surface area contributed by atoms with Crippen LogP contribution in [0.1, 0.15) is 18.5 Å². The van der Waals surface area contributed by atoms with Crippen molar-refractivity contribution in [2.45, 2.75) is 13.0 Å². The van der Waals surface area contributed by atoms with Gasteiger partial charge in [0.1, 0.15) is 0 Å². The molecule has 0 aliphatic carbocycles. The molecule has 1 heterocycles. The Morgan fingerprint density at radius 3 is 2.68 bits per heavy atom. The van der Waals surface area contributed by atoms with Crippen molar-refractivity contribution in [3.63, 3.8) is 0 Å². The van der Waals surface area contributed by atoms with Gasteiger partial charge in [0.2, 0.25) is 0 Å². The predicted molar refractivity (Wildman–Crippen MR) is 90.9 cm³/mol. The van der Waals surface area contributed by atoms with Gasteiger partial charge in [0.05, 0.1) is 25.8 Å². The molecule has 5 nitrogen and oxygen atoms in total. The Kier molecular flexibility index (Phi) is 6.43. The van der Waals surface area contributed by atoms with E-state index in [4.69, 9.17) is 10.5 Å². The first-order valence-electron chi connectivity index (χ1n) is 7.71. The van der Waals surface area contributed by atoms with Gasteiger partial charge in [-0.2, -0.15) is 0 Å². The molecule has 0 saturated carbocycles. The molecule has 22 heavy (non-hydrogen) atoms. The highest BCUT2D eigenvalue weighted by molar-refractivity contribution is 5.78. The van der Waals surface area contributed by atoms with Crippen molar-refractivity contribution in [1.82, 2.24) is 10.2 Å². The maximum Gasteiger partial charge on any atom is 0.188 e. The van der Waals surface area contributed by atoms with Crippen LogP contribution in [0.3, 0.4) is 0 Å². The first kappa shape index (κ1) is 16.5. The Morgan fingerprint density at radius 1 is 1.36 bits per heavy atom. The van der Waals surface area contributed by atoms with Crippen LogP contribution in [0.25, 0.3) is 0 Å². The first-order valence-corrected chi connectivity index (χ1v) is 7.71. The molecule has 1 unspecified atom stereocenters. The van der Waals surface area contributed by atoms with Crippen molar-refractivity contribution in [1.29, 1.82) is 0 Å². The molecule has 3 N–H and O–H groups in total. The highest BCUT2D eigenvalue weighted by atomic mass is 16.5. The van der Waals surface area contributed by atoms with E-state index in [-0.39, 0.29) is 6.04 Å². The molecule has 5 heteroatoms. The standard InChI is InChI=1S/C17H26N4O/c1-14(2)12-19-17(18)20-13-16(15-6-4-3-5-7-15)21-8-10-22-11-9-21/h3-7,16H,1,8-13H2,2H3,(H3,18,19,20). The SMILES string of the molecule is C=C(C)CNC(N)=NCC(c1ccccc1)N1CCOCC1. The lowest BCUT2D eigenvalue weighted by Crippen LogP contribution is -2.41. The third-order valence-corrected chi connectivity index (χ3v) is 3.68. The fraction of sp³-hybridized carbons (Fsp3) is 0.471. The average Bonchev–Trinajstić information content (AvgIpc) is 2.55.